The Kier molecular flexibility index (Phi) is 5.36. The first-order valence-electron chi connectivity index (χ1n) is 5.70. The molecule has 0 radical (unpaired) electrons. The lowest BCUT2D eigenvalue weighted by Crippen LogP contribution is -2.45. The minimum Gasteiger partial charge on any atom is -0.467 e. The quantitative estimate of drug-likeness (QED) is 0.627. The highest BCUT2D eigenvalue weighted by atomic mass is 32.2. The van der Waals surface area contributed by atoms with Gasteiger partial charge in [-0.3, -0.25) is 4.79 Å². The van der Waals surface area contributed by atoms with Gasteiger partial charge in [0.25, 0.3) is 0 Å². The number of carbonyl (C=O) groups is 2. The standard InChI is InChI=1S/C12H13F2NO5S/c1-7(16)15-11(12(17)20-2)6-21(18,19)8-3-4-9(13)10(14)5-8/h3-5,11H,6H2,1-2H3,(H,15,16). The zero-order valence-electron chi connectivity index (χ0n) is 11.2. The molecule has 0 aliphatic heterocycles. The molecular formula is C12H13F2NO5S. The van der Waals surface area contributed by atoms with Gasteiger partial charge in [-0.25, -0.2) is 22.0 Å². The maximum absolute atomic E-state index is 13.1. The minimum atomic E-state index is -4.12. The molecule has 0 aromatic heterocycles. The van der Waals surface area contributed by atoms with Crippen LogP contribution >= 0.6 is 0 Å². The first-order valence-corrected chi connectivity index (χ1v) is 7.35. The van der Waals surface area contributed by atoms with Crippen LogP contribution in [0.3, 0.4) is 0 Å². The van der Waals surface area contributed by atoms with E-state index < -0.39 is 50.0 Å². The van der Waals surface area contributed by atoms with E-state index in [0.717, 1.165) is 20.1 Å². The highest BCUT2D eigenvalue weighted by Crippen LogP contribution is 2.16. The second-order valence-electron chi connectivity index (χ2n) is 4.13. The Balaban J connectivity index is 3.07. The summed E-state index contributed by atoms with van der Waals surface area (Å²) in [6, 6.07) is 0.599. The molecule has 1 atom stereocenters. The fourth-order valence-electron chi connectivity index (χ4n) is 1.54. The number of amides is 1. The number of carbonyl (C=O) groups excluding carboxylic acids is 2. The van der Waals surface area contributed by atoms with E-state index in [2.05, 4.69) is 10.1 Å². The fourth-order valence-corrected chi connectivity index (χ4v) is 2.95. The molecular weight excluding hydrogens is 308 g/mol. The highest BCUT2D eigenvalue weighted by Gasteiger charge is 2.28. The third-order valence-corrected chi connectivity index (χ3v) is 4.24. The zero-order chi connectivity index (χ0) is 16.2. The minimum absolute atomic E-state index is 0.499. The van der Waals surface area contributed by atoms with E-state index in [-0.39, 0.29) is 0 Å². The van der Waals surface area contributed by atoms with Crippen molar-refractivity contribution in [3.8, 4) is 0 Å². The van der Waals surface area contributed by atoms with E-state index >= 15 is 0 Å². The maximum Gasteiger partial charge on any atom is 0.329 e. The summed E-state index contributed by atoms with van der Waals surface area (Å²) in [4.78, 5) is 21.9. The number of sulfone groups is 1. The average Bonchev–Trinajstić information content (AvgIpc) is 2.39. The van der Waals surface area contributed by atoms with Crippen LogP contribution in [0.4, 0.5) is 8.78 Å². The molecule has 116 valence electrons. The molecule has 1 aromatic rings. The smallest absolute Gasteiger partial charge is 0.329 e. The van der Waals surface area contributed by atoms with Crippen LogP contribution in [-0.4, -0.2) is 39.2 Å². The van der Waals surface area contributed by atoms with Crippen molar-refractivity contribution in [2.45, 2.75) is 17.9 Å². The van der Waals surface area contributed by atoms with Gasteiger partial charge in [0.2, 0.25) is 5.91 Å². The van der Waals surface area contributed by atoms with Crippen molar-refractivity contribution in [3.05, 3.63) is 29.8 Å². The number of hydrogen-bond acceptors (Lipinski definition) is 5. The molecule has 0 heterocycles. The van der Waals surface area contributed by atoms with Crippen LogP contribution in [-0.2, 0) is 24.2 Å². The molecule has 1 amide bonds. The molecule has 1 rings (SSSR count). The SMILES string of the molecule is COC(=O)C(CS(=O)(=O)c1ccc(F)c(F)c1)NC(C)=O. The second-order valence-corrected chi connectivity index (χ2v) is 6.17. The molecule has 0 aliphatic carbocycles. The number of benzene rings is 1. The van der Waals surface area contributed by atoms with Crippen LogP contribution in [0.5, 0.6) is 0 Å². The van der Waals surface area contributed by atoms with Crippen LogP contribution in [0.15, 0.2) is 23.1 Å². The normalized spacial score (nSPS) is 12.6. The fraction of sp³-hybridized carbons (Fsp3) is 0.333. The first-order chi connectivity index (χ1) is 9.67. The van der Waals surface area contributed by atoms with Gasteiger partial charge in [0.15, 0.2) is 21.5 Å². The monoisotopic (exact) mass is 321 g/mol. The van der Waals surface area contributed by atoms with E-state index in [1.807, 2.05) is 0 Å². The van der Waals surface area contributed by atoms with E-state index in [9.17, 15) is 26.8 Å². The summed E-state index contributed by atoms with van der Waals surface area (Å²) in [5.74, 6) is -4.95. The van der Waals surface area contributed by atoms with Gasteiger partial charge in [0.05, 0.1) is 17.8 Å². The molecule has 0 saturated carbocycles. The van der Waals surface area contributed by atoms with Gasteiger partial charge < -0.3 is 10.1 Å². The number of rotatable bonds is 5. The molecule has 0 fully saturated rings. The molecule has 0 spiro atoms. The summed E-state index contributed by atoms with van der Waals surface area (Å²) in [6.45, 7) is 1.10. The van der Waals surface area contributed by atoms with Crippen molar-refractivity contribution in [3.63, 3.8) is 0 Å². The third kappa shape index (κ3) is 4.48. The molecule has 0 bridgehead atoms. The number of esters is 1. The Morgan fingerprint density at radius 3 is 2.38 bits per heavy atom. The molecule has 1 N–H and O–H groups in total. The lowest BCUT2D eigenvalue weighted by atomic mass is 10.3. The summed E-state index contributed by atoms with van der Waals surface area (Å²) in [6.07, 6.45) is 0. The lowest BCUT2D eigenvalue weighted by Gasteiger charge is -2.15. The molecule has 6 nitrogen and oxygen atoms in total. The zero-order valence-corrected chi connectivity index (χ0v) is 12.0. The Hall–Kier alpha value is -2.03. The van der Waals surface area contributed by atoms with Crippen molar-refractivity contribution in [2.75, 3.05) is 12.9 Å². The van der Waals surface area contributed by atoms with E-state index in [1.165, 1.54) is 0 Å². The summed E-state index contributed by atoms with van der Waals surface area (Å²) >= 11 is 0. The van der Waals surface area contributed by atoms with Crippen LogP contribution in [0.1, 0.15) is 6.92 Å². The van der Waals surface area contributed by atoms with Crippen molar-refractivity contribution in [1.82, 2.24) is 5.32 Å². The van der Waals surface area contributed by atoms with Gasteiger partial charge in [0.1, 0.15) is 6.04 Å². The van der Waals surface area contributed by atoms with Crippen LogP contribution in [0.25, 0.3) is 0 Å². The van der Waals surface area contributed by atoms with E-state index in [0.29, 0.717) is 12.1 Å². The topological polar surface area (TPSA) is 89.5 Å². The van der Waals surface area contributed by atoms with E-state index in [4.69, 9.17) is 0 Å². The predicted molar refractivity (Wildman–Crippen MR) is 68.0 cm³/mol. The molecule has 9 heteroatoms. The number of methoxy groups -OCH3 is 1. The Bertz CT molecular complexity index is 660. The van der Waals surface area contributed by atoms with Crippen LogP contribution in [0.2, 0.25) is 0 Å². The summed E-state index contributed by atoms with van der Waals surface area (Å²) in [7, 11) is -3.09. The van der Waals surface area contributed by atoms with Crippen molar-refractivity contribution in [1.29, 1.82) is 0 Å². The van der Waals surface area contributed by atoms with Crippen molar-refractivity contribution < 1.29 is 31.5 Å². The number of nitrogens with one attached hydrogen (secondary N) is 1. The number of halogens is 2. The second kappa shape index (κ2) is 6.61. The van der Waals surface area contributed by atoms with Gasteiger partial charge in [-0.15, -0.1) is 0 Å². The molecule has 1 aromatic carbocycles. The van der Waals surface area contributed by atoms with E-state index in [1.54, 1.807) is 0 Å². The predicted octanol–water partition coefficient (Wildman–Crippen LogP) is 0.416. The molecule has 0 saturated heterocycles. The van der Waals surface area contributed by atoms with Gasteiger partial charge >= 0.3 is 5.97 Å². The third-order valence-electron chi connectivity index (χ3n) is 2.50. The van der Waals surface area contributed by atoms with Gasteiger partial charge in [-0.05, 0) is 18.2 Å². The Morgan fingerprint density at radius 1 is 1.29 bits per heavy atom. The number of ether oxygens (including phenoxy) is 1. The molecule has 1 unspecified atom stereocenters. The Labute approximate surface area is 120 Å². The van der Waals surface area contributed by atoms with Crippen molar-refractivity contribution in [2.24, 2.45) is 0 Å². The summed E-state index contributed by atoms with van der Waals surface area (Å²) in [5, 5.41) is 2.12. The summed E-state index contributed by atoms with van der Waals surface area (Å²) < 4.78 is 54.4. The van der Waals surface area contributed by atoms with Gasteiger partial charge in [0, 0.05) is 6.92 Å². The largest absolute Gasteiger partial charge is 0.467 e. The van der Waals surface area contributed by atoms with Crippen molar-refractivity contribution >= 4 is 21.7 Å². The summed E-state index contributed by atoms with van der Waals surface area (Å²) in [5.41, 5.74) is 0. The van der Waals surface area contributed by atoms with Crippen LogP contribution in [0, 0.1) is 11.6 Å². The van der Waals surface area contributed by atoms with Gasteiger partial charge in [-0.1, -0.05) is 0 Å². The lowest BCUT2D eigenvalue weighted by molar-refractivity contribution is -0.144. The average molecular weight is 321 g/mol. The maximum atomic E-state index is 13.1. The van der Waals surface area contributed by atoms with Crippen LogP contribution < -0.4 is 5.32 Å². The van der Waals surface area contributed by atoms with Gasteiger partial charge in [-0.2, -0.15) is 0 Å². The first kappa shape index (κ1) is 17.0. The number of hydrogen-bond donors (Lipinski definition) is 1. The highest BCUT2D eigenvalue weighted by molar-refractivity contribution is 7.91. The molecule has 21 heavy (non-hydrogen) atoms. The Morgan fingerprint density at radius 2 is 1.90 bits per heavy atom. The molecule has 0 aliphatic rings.